The highest BCUT2D eigenvalue weighted by Crippen LogP contribution is 2.23. The fraction of sp³-hybridized carbons (Fsp3) is 0.778. The van der Waals surface area contributed by atoms with Crippen molar-refractivity contribution in [2.24, 2.45) is 0 Å². The maximum absolute atomic E-state index is 12.4. The van der Waals surface area contributed by atoms with E-state index < -0.39 is 9.84 Å². The highest BCUT2D eigenvalue weighted by atomic mass is 32.2. The van der Waals surface area contributed by atoms with Crippen LogP contribution in [0.3, 0.4) is 0 Å². The van der Waals surface area contributed by atoms with E-state index in [1.165, 1.54) is 0 Å². The second-order valence-corrected chi connectivity index (χ2v) is 8.85. The number of hydrogen-bond acceptors (Lipinski definition) is 6. The minimum absolute atomic E-state index is 0.0325. The number of carbonyl (C=O) groups excluding carboxylic acids is 1. The molecule has 0 bridgehead atoms. The minimum atomic E-state index is -3.38. The van der Waals surface area contributed by atoms with Crippen LogP contribution in [0.4, 0.5) is 0 Å². The van der Waals surface area contributed by atoms with Crippen molar-refractivity contribution in [1.29, 1.82) is 0 Å². The van der Waals surface area contributed by atoms with Gasteiger partial charge < -0.3 is 9.30 Å². The average Bonchev–Trinajstić information content (AvgIpc) is 3.04. The van der Waals surface area contributed by atoms with Gasteiger partial charge in [-0.2, -0.15) is 0 Å². The summed E-state index contributed by atoms with van der Waals surface area (Å²) in [7, 11) is -3.38. The number of likely N-dealkylation sites (tertiary alicyclic amines) is 1. The molecule has 0 aliphatic carbocycles. The third-order valence-electron chi connectivity index (χ3n) is 4.83. The quantitative estimate of drug-likeness (QED) is 0.607. The lowest BCUT2D eigenvalue weighted by Crippen LogP contribution is -2.45. The molecule has 1 aliphatic rings. The zero-order chi connectivity index (χ0) is 19.2. The summed E-state index contributed by atoms with van der Waals surface area (Å²) >= 11 is 0. The second-order valence-electron chi connectivity index (χ2n) is 6.67. The molecule has 0 radical (unpaired) electrons. The summed E-state index contributed by atoms with van der Waals surface area (Å²) in [6.45, 7) is 7.83. The van der Waals surface area contributed by atoms with Crippen molar-refractivity contribution in [3.05, 3.63) is 11.9 Å². The molecule has 26 heavy (non-hydrogen) atoms. The molecule has 0 N–H and O–H groups in total. The van der Waals surface area contributed by atoms with Gasteiger partial charge in [0.25, 0.3) is 0 Å². The van der Waals surface area contributed by atoms with Gasteiger partial charge in [-0.3, -0.25) is 9.69 Å². The molecule has 2 rings (SSSR count). The summed E-state index contributed by atoms with van der Waals surface area (Å²) in [5.74, 6) is -0.154. The third-order valence-corrected chi connectivity index (χ3v) is 6.47. The van der Waals surface area contributed by atoms with E-state index in [0.29, 0.717) is 19.7 Å². The fourth-order valence-electron chi connectivity index (χ4n) is 3.34. The van der Waals surface area contributed by atoms with Gasteiger partial charge >= 0.3 is 5.97 Å². The van der Waals surface area contributed by atoms with Crippen LogP contribution in [0.1, 0.15) is 58.6 Å². The highest BCUT2D eigenvalue weighted by Gasteiger charge is 2.31. The summed E-state index contributed by atoms with van der Waals surface area (Å²) < 4.78 is 31.8. The zero-order valence-electron chi connectivity index (χ0n) is 16.1. The van der Waals surface area contributed by atoms with E-state index in [1.54, 1.807) is 13.1 Å². The fourth-order valence-corrected chi connectivity index (χ4v) is 4.36. The Kier molecular flexibility index (Phi) is 7.64. The number of unbranched alkanes of at least 4 members (excludes halogenated alkanes) is 1. The first kappa shape index (κ1) is 20.9. The second kappa shape index (κ2) is 9.50. The average molecular weight is 386 g/mol. The van der Waals surface area contributed by atoms with Crippen LogP contribution >= 0.6 is 0 Å². The topological polar surface area (TPSA) is 81.5 Å². The maximum atomic E-state index is 12.4. The van der Waals surface area contributed by atoms with E-state index in [0.717, 1.165) is 44.3 Å². The molecule has 148 valence electrons. The third kappa shape index (κ3) is 4.85. The van der Waals surface area contributed by atoms with Gasteiger partial charge in [0.15, 0.2) is 0 Å². The van der Waals surface area contributed by atoms with Crippen LogP contribution in [0, 0.1) is 0 Å². The molecular weight excluding hydrogens is 354 g/mol. The predicted octanol–water partition coefficient (Wildman–Crippen LogP) is 2.39. The zero-order valence-corrected chi connectivity index (χ0v) is 16.9. The van der Waals surface area contributed by atoms with E-state index in [9.17, 15) is 13.2 Å². The molecular formula is C18H31N3O4S. The molecule has 1 saturated heterocycles. The van der Waals surface area contributed by atoms with Crippen molar-refractivity contribution >= 4 is 15.8 Å². The van der Waals surface area contributed by atoms with E-state index in [4.69, 9.17) is 4.74 Å². The van der Waals surface area contributed by atoms with Crippen LogP contribution in [0.15, 0.2) is 11.4 Å². The molecule has 1 atom stereocenters. The van der Waals surface area contributed by atoms with Gasteiger partial charge in [0.1, 0.15) is 6.04 Å². The van der Waals surface area contributed by atoms with Gasteiger partial charge in [-0.1, -0.05) is 26.7 Å². The predicted molar refractivity (Wildman–Crippen MR) is 99.5 cm³/mol. The number of imidazole rings is 1. The number of piperidine rings is 1. The molecule has 0 saturated carbocycles. The Balaban J connectivity index is 2.27. The SMILES string of the molecule is CCCCn1c(CN2CCCC[C@@H]2C(=O)OCC)cnc1S(=O)(=O)CC. The molecule has 0 aromatic carbocycles. The van der Waals surface area contributed by atoms with E-state index in [2.05, 4.69) is 16.8 Å². The Hall–Kier alpha value is -1.41. The van der Waals surface area contributed by atoms with Gasteiger partial charge in [0.2, 0.25) is 15.0 Å². The number of carbonyl (C=O) groups is 1. The molecule has 1 aliphatic heterocycles. The lowest BCUT2D eigenvalue weighted by Gasteiger charge is -2.34. The monoisotopic (exact) mass is 385 g/mol. The van der Waals surface area contributed by atoms with Gasteiger partial charge in [-0.05, 0) is 32.7 Å². The van der Waals surface area contributed by atoms with E-state index in [1.807, 2.05) is 11.5 Å². The smallest absolute Gasteiger partial charge is 0.323 e. The van der Waals surface area contributed by atoms with Crippen LogP contribution in [0.2, 0.25) is 0 Å². The Morgan fingerprint density at radius 3 is 2.73 bits per heavy atom. The largest absolute Gasteiger partial charge is 0.465 e. The number of esters is 1. The van der Waals surface area contributed by atoms with Crippen LogP contribution in [-0.2, 0) is 32.5 Å². The Labute approximate surface area is 156 Å². The first-order valence-corrected chi connectivity index (χ1v) is 11.3. The van der Waals surface area contributed by atoms with Gasteiger partial charge in [-0.15, -0.1) is 0 Å². The number of nitrogens with zero attached hydrogens (tertiary/aromatic N) is 3. The van der Waals surface area contributed by atoms with Crippen LogP contribution in [0.5, 0.6) is 0 Å². The van der Waals surface area contributed by atoms with Crippen molar-refractivity contribution in [2.45, 2.75) is 77.2 Å². The van der Waals surface area contributed by atoms with Crippen molar-refractivity contribution < 1.29 is 17.9 Å². The minimum Gasteiger partial charge on any atom is -0.465 e. The highest BCUT2D eigenvalue weighted by molar-refractivity contribution is 7.91. The van der Waals surface area contributed by atoms with Crippen molar-refractivity contribution in [2.75, 3.05) is 18.9 Å². The first-order valence-electron chi connectivity index (χ1n) is 9.62. The lowest BCUT2D eigenvalue weighted by molar-refractivity contribution is -0.151. The van der Waals surface area contributed by atoms with Gasteiger partial charge in [-0.25, -0.2) is 13.4 Å². The van der Waals surface area contributed by atoms with Gasteiger partial charge in [0, 0.05) is 13.1 Å². The molecule has 8 heteroatoms. The number of ether oxygens (including phenoxy) is 1. The number of hydrogen-bond donors (Lipinski definition) is 0. The summed E-state index contributed by atoms with van der Waals surface area (Å²) in [4.78, 5) is 18.6. The van der Waals surface area contributed by atoms with E-state index in [-0.39, 0.29) is 22.9 Å². The van der Waals surface area contributed by atoms with Crippen molar-refractivity contribution in [1.82, 2.24) is 14.5 Å². The molecule has 0 unspecified atom stereocenters. The number of aromatic nitrogens is 2. The molecule has 0 amide bonds. The first-order chi connectivity index (χ1) is 12.4. The summed E-state index contributed by atoms with van der Waals surface area (Å²) in [5.41, 5.74) is 0.849. The molecule has 0 spiro atoms. The molecule has 1 aromatic heterocycles. The summed E-state index contributed by atoms with van der Waals surface area (Å²) in [6.07, 6.45) is 6.32. The van der Waals surface area contributed by atoms with Crippen molar-refractivity contribution in [3.8, 4) is 0 Å². The summed E-state index contributed by atoms with van der Waals surface area (Å²) in [6, 6.07) is -0.260. The van der Waals surface area contributed by atoms with E-state index >= 15 is 0 Å². The van der Waals surface area contributed by atoms with Crippen LogP contribution < -0.4 is 0 Å². The van der Waals surface area contributed by atoms with Crippen LogP contribution in [-0.4, -0.2) is 53.8 Å². The lowest BCUT2D eigenvalue weighted by atomic mass is 10.0. The molecule has 7 nitrogen and oxygen atoms in total. The van der Waals surface area contributed by atoms with Gasteiger partial charge in [0.05, 0.1) is 24.3 Å². The Morgan fingerprint density at radius 2 is 2.08 bits per heavy atom. The van der Waals surface area contributed by atoms with Crippen molar-refractivity contribution in [3.63, 3.8) is 0 Å². The molecule has 1 aromatic rings. The number of rotatable bonds is 9. The summed E-state index contributed by atoms with van der Waals surface area (Å²) in [5, 5.41) is 0.146. The number of sulfone groups is 1. The van der Waals surface area contributed by atoms with Crippen LogP contribution in [0.25, 0.3) is 0 Å². The maximum Gasteiger partial charge on any atom is 0.323 e. The Bertz CT molecular complexity index is 699. The standard InChI is InChI=1S/C18H31N3O4S/c1-4-7-12-21-15(13-19-18(21)26(23,24)6-3)14-20-11-9-8-10-16(20)17(22)25-5-2/h13,16H,4-12,14H2,1-3H3/t16-/m1/s1. The molecule has 2 heterocycles. The molecule has 1 fully saturated rings. The Morgan fingerprint density at radius 1 is 1.31 bits per heavy atom. The normalized spacial score (nSPS) is 18.8.